The van der Waals surface area contributed by atoms with Crippen molar-refractivity contribution >= 4 is 15.9 Å². The maximum absolute atomic E-state index is 5.52. The standard InChI is InChI=1S/C11H23BrO/c1-11(2)7-6-10-13-9-5-3-4-8-12/h11H,3-10H2,1-2H3. The first kappa shape index (κ1) is 13.4. The van der Waals surface area contributed by atoms with E-state index in [0.717, 1.165) is 24.5 Å². The smallest absolute Gasteiger partial charge is 0.0466 e. The summed E-state index contributed by atoms with van der Waals surface area (Å²) in [6.45, 7) is 6.42. The van der Waals surface area contributed by atoms with Crippen LogP contribution in [0.4, 0.5) is 0 Å². The Morgan fingerprint density at radius 1 is 1.00 bits per heavy atom. The molecule has 0 aliphatic rings. The SMILES string of the molecule is CC(C)CCCOCCCCCBr. The van der Waals surface area contributed by atoms with E-state index in [4.69, 9.17) is 4.74 Å². The average molecular weight is 251 g/mol. The van der Waals surface area contributed by atoms with E-state index < -0.39 is 0 Å². The van der Waals surface area contributed by atoms with Crippen molar-refractivity contribution in [2.75, 3.05) is 18.5 Å². The van der Waals surface area contributed by atoms with E-state index in [1.807, 2.05) is 0 Å². The molecule has 0 aromatic rings. The number of ether oxygens (including phenoxy) is 1. The molecule has 0 saturated heterocycles. The highest BCUT2D eigenvalue weighted by molar-refractivity contribution is 9.09. The van der Waals surface area contributed by atoms with Crippen LogP contribution in [0.25, 0.3) is 0 Å². The summed E-state index contributed by atoms with van der Waals surface area (Å²) >= 11 is 3.42. The molecule has 0 atom stereocenters. The molecule has 0 aromatic heterocycles. The third-order valence-electron chi connectivity index (χ3n) is 1.99. The van der Waals surface area contributed by atoms with Gasteiger partial charge in [0.2, 0.25) is 0 Å². The summed E-state index contributed by atoms with van der Waals surface area (Å²) < 4.78 is 5.52. The number of alkyl halides is 1. The first-order valence-electron chi connectivity index (χ1n) is 5.41. The summed E-state index contributed by atoms with van der Waals surface area (Å²) in [5.74, 6) is 0.817. The van der Waals surface area contributed by atoms with Crippen LogP contribution in [0.15, 0.2) is 0 Å². The van der Waals surface area contributed by atoms with Gasteiger partial charge in [-0.3, -0.25) is 0 Å². The third-order valence-corrected chi connectivity index (χ3v) is 2.55. The lowest BCUT2D eigenvalue weighted by molar-refractivity contribution is 0.124. The highest BCUT2D eigenvalue weighted by atomic mass is 79.9. The van der Waals surface area contributed by atoms with E-state index in [-0.39, 0.29) is 0 Å². The van der Waals surface area contributed by atoms with Gasteiger partial charge in [-0.15, -0.1) is 0 Å². The normalized spacial score (nSPS) is 11.1. The Balaban J connectivity index is 2.84. The molecule has 1 nitrogen and oxygen atoms in total. The van der Waals surface area contributed by atoms with E-state index in [1.165, 1.54) is 32.1 Å². The van der Waals surface area contributed by atoms with E-state index in [0.29, 0.717) is 0 Å². The Bertz CT molecular complexity index is 94.1. The van der Waals surface area contributed by atoms with Gasteiger partial charge in [0.25, 0.3) is 0 Å². The van der Waals surface area contributed by atoms with Crippen molar-refractivity contribution in [1.82, 2.24) is 0 Å². The zero-order valence-electron chi connectivity index (χ0n) is 9.02. The summed E-state index contributed by atoms with van der Waals surface area (Å²) in [6, 6.07) is 0. The zero-order valence-corrected chi connectivity index (χ0v) is 10.6. The van der Waals surface area contributed by atoms with Gasteiger partial charge in [0, 0.05) is 18.5 Å². The molecule has 0 fully saturated rings. The van der Waals surface area contributed by atoms with Crippen molar-refractivity contribution in [2.45, 2.75) is 46.0 Å². The van der Waals surface area contributed by atoms with Gasteiger partial charge in [0.1, 0.15) is 0 Å². The van der Waals surface area contributed by atoms with Crippen LogP contribution >= 0.6 is 15.9 Å². The third kappa shape index (κ3) is 12.4. The van der Waals surface area contributed by atoms with Gasteiger partial charge in [0.05, 0.1) is 0 Å². The van der Waals surface area contributed by atoms with Crippen molar-refractivity contribution < 1.29 is 4.74 Å². The maximum atomic E-state index is 5.52. The van der Waals surface area contributed by atoms with Crippen LogP contribution < -0.4 is 0 Å². The highest BCUT2D eigenvalue weighted by Crippen LogP contribution is 2.04. The fourth-order valence-corrected chi connectivity index (χ4v) is 1.57. The van der Waals surface area contributed by atoms with Gasteiger partial charge in [-0.1, -0.05) is 36.2 Å². The van der Waals surface area contributed by atoms with Crippen molar-refractivity contribution in [2.24, 2.45) is 5.92 Å². The van der Waals surface area contributed by atoms with Crippen molar-refractivity contribution in [3.63, 3.8) is 0 Å². The predicted molar refractivity (Wildman–Crippen MR) is 62.5 cm³/mol. The summed E-state index contributed by atoms with van der Waals surface area (Å²) in [4.78, 5) is 0. The molecule has 0 radical (unpaired) electrons. The number of rotatable bonds is 9. The molecule has 80 valence electrons. The number of unbranched alkanes of at least 4 members (excludes halogenated alkanes) is 2. The largest absolute Gasteiger partial charge is 0.381 e. The minimum atomic E-state index is 0.817. The molecular weight excluding hydrogens is 228 g/mol. The van der Waals surface area contributed by atoms with Crippen LogP contribution in [0.1, 0.15) is 46.0 Å². The van der Waals surface area contributed by atoms with Gasteiger partial charge >= 0.3 is 0 Å². The number of hydrogen-bond donors (Lipinski definition) is 0. The highest BCUT2D eigenvalue weighted by Gasteiger charge is 1.94. The molecule has 0 aromatic carbocycles. The summed E-state index contributed by atoms with van der Waals surface area (Å²) in [7, 11) is 0. The Morgan fingerprint density at radius 2 is 1.69 bits per heavy atom. The number of hydrogen-bond acceptors (Lipinski definition) is 1. The first-order chi connectivity index (χ1) is 6.27. The second kappa shape index (κ2) is 10.5. The fraction of sp³-hybridized carbons (Fsp3) is 1.00. The summed E-state index contributed by atoms with van der Waals surface area (Å²) in [5.41, 5.74) is 0. The minimum absolute atomic E-state index is 0.817. The Hall–Kier alpha value is 0.440. The van der Waals surface area contributed by atoms with Gasteiger partial charge in [-0.2, -0.15) is 0 Å². The fourth-order valence-electron chi connectivity index (χ4n) is 1.17. The van der Waals surface area contributed by atoms with Gasteiger partial charge < -0.3 is 4.74 Å². The van der Waals surface area contributed by atoms with E-state index in [1.54, 1.807) is 0 Å². The summed E-state index contributed by atoms with van der Waals surface area (Å²) in [6.07, 6.45) is 6.29. The molecule has 0 N–H and O–H groups in total. The van der Waals surface area contributed by atoms with Crippen LogP contribution in [0.5, 0.6) is 0 Å². The van der Waals surface area contributed by atoms with Crippen molar-refractivity contribution in [3.8, 4) is 0 Å². The van der Waals surface area contributed by atoms with Crippen molar-refractivity contribution in [3.05, 3.63) is 0 Å². The van der Waals surface area contributed by atoms with E-state index >= 15 is 0 Å². The second-order valence-corrected chi connectivity index (χ2v) is 4.69. The first-order valence-corrected chi connectivity index (χ1v) is 6.53. The topological polar surface area (TPSA) is 9.23 Å². The molecule has 0 aliphatic carbocycles. The van der Waals surface area contributed by atoms with Crippen LogP contribution in [-0.2, 0) is 4.74 Å². The zero-order chi connectivity index (χ0) is 9.94. The Morgan fingerprint density at radius 3 is 2.31 bits per heavy atom. The molecule has 0 heterocycles. The Labute approximate surface area is 91.4 Å². The van der Waals surface area contributed by atoms with E-state index in [2.05, 4.69) is 29.8 Å². The minimum Gasteiger partial charge on any atom is -0.381 e. The van der Waals surface area contributed by atoms with Crippen LogP contribution in [0.2, 0.25) is 0 Å². The molecule has 13 heavy (non-hydrogen) atoms. The van der Waals surface area contributed by atoms with Crippen LogP contribution in [0, 0.1) is 5.92 Å². The lowest BCUT2D eigenvalue weighted by Crippen LogP contribution is -1.99. The van der Waals surface area contributed by atoms with Gasteiger partial charge in [-0.25, -0.2) is 0 Å². The Kier molecular flexibility index (Phi) is 10.9. The molecule has 0 spiro atoms. The van der Waals surface area contributed by atoms with E-state index in [9.17, 15) is 0 Å². The quantitative estimate of drug-likeness (QED) is 0.444. The average Bonchev–Trinajstić information content (AvgIpc) is 2.09. The van der Waals surface area contributed by atoms with Crippen LogP contribution in [-0.4, -0.2) is 18.5 Å². The second-order valence-electron chi connectivity index (χ2n) is 3.90. The lowest BCUT2D eigenvalue weighted by Gasteiger charge is -2.05. The van der Waals surface area contributed by atoms with Gasteiger partial charge in [0.15, 0.2) is 0 Å². The van der Waals surface area contributed by atoms with Crippen molar-refractivity contribution in [1.29, 1.82) is 0 Å². The molecule has 0 saturated carbocycles. The monoisotopic (exact) mass is 250 g/mol. The molecular formula is C11H23BrO. The maximum Gasteiger partial charge on any atom is 0.0466 e. The molecule has 0 rings (SSSR count). The summed E-state index contributed by atoms with van der Waals surface area (Å²) in [5, 5.41) is 1.13. The molecule has 0 aliphatic heterocycles. The number of halogens is 1. The molecule has 2 heteroatoms. The molecule has 0 unspecified atom stereocenters. The van der Waals surface area contributed by atoms with Gasteiger partial charge in [-0.05, 0) is 31.6 Å². The lowest BCUT2D eigenvalue weighted by atomic mass is 10.1. The van der Waals surface area contributed by atoms with Crippen LogP contribution in [0.3, 0.4) is 0 Å². The molecule has 0 amide bonds. The predicted octanol–water partition coefficient (Wildman–Crippen LogP) is 4.00. The molecule has 0 bridgehead atoms.